The van der Waals surface area contributed by atoms with E-state index in [0.29, 0.717) is 25.6 Å². The first kappa shape index (κ1) is 23.5. The predicted molar refractivity (Wildman–Crippen MR) is 128 cm³/mol. The van der Waals surface area contributed by atoms with E-state index in [1.54, 1.807) is 20.9 Å². The molecule has 0 bridgehead atoms. The molecule has 2 aromatic rings. The summed E-state index contributed by atoms with van der Waals surface area (Å²) < 4.78 is 29.7. The van der Waals surface area contributed by atoms with E-state index in [9.17, 15) is 8.42 Å². The van der Waals surface area contributed by atoms with Crippen LogP contribution < -0.4 is 10.1 Å². The molecule has 2 aromatic carbocycles. The van der Waals surface area contributed by atoms with E-state index >= 15 is 0 Å². The molecule has 1 fully saturated rings. The fourth-order valence-corrected chi connectivity index (χ4v) is 4.56. The zero-order valence-electron chi connectivity index (χ0n) is 17.0. The molecule has 0 unspecified atom stereocenters. The monoisotopic (exact) mass is 529 g/mol. The highest BCUT2D eigenvalue weighted by atomic mass is 127. The van der Waals surface area contributed by atoms with Gasteiger partial charge in [-0.15, -0.1) is 24.0 Å². The summed E-state index contributed by atoms with van der Waals surface area (Å²) in [5.41, 5.74) is 0.997. The minimum absolute atomic E-state index is 0. The van der Waals surface area contributed by atoms with Crippen molar-refractivity contribution in [1.82, 2.24) is 10.2 Å². The maximum absolute atomic E-state index is 12.3. The summed E-state index contributed by atoms with van der Waals surface area (Å²) in [4.78, 5) is 6.35. The number of aliphatic imine (C=N–C) groups is 1. The summed E-state index contributed by atoms with van der Waals surface area (Å²) in [6, 6.07) is 17.5. The van der Waals surface area contributed by atoms with Crippen LogP contribution in [0.4, 0.5) is 0 Å². The third-order valence-corrected chi connectivity index (χ3v) is 7.47. The number of benzene rings is 2. The van der Waals surface area contributed by atoms with Gasteiger partial charge in [-0.25, -0.2) is 8.42 Å². The number of sulfone groups is 1. The van der Waals surface area contributed by atoms with E-state index in [4.69, 9.17) is 4.74 Å². The van der Waals surface area contributed by atoms with Crippen LogP contribution in [0.3, 0.4) is 0 Å². The second-order valence-electron chi connectivity index (χ2n) is 7.42. The van der Waals surface area contributed by atoms with Crippen molar-refractivity contribution in [2.45, 2.75) is 25.1 Å². The summed E-state index contributed by atoms with van der Waals surface area (Å²) in [5, 5.41) is 3.35. The molecule has 3 rings (SSSR count). The highest BCUT2D eigenvalue weighted by Crippen LogP contribution is 2.26. The molecule has 1 aliphatic heterocycles. The van der Waals surface area contributed by atoms with Gasteiger partial charge in [-0.05, 0) is 32.0 Å². The van der Waals surface area contributed by atoms with Gasteiger partial charge in [-0.2, -0.15) is 0 Å². The van der Waals surface area contributed by atoms with E-state index < -0.39 is 14.6 Å². The molecule has 29 heavy (non-hydrogen) atoms. The van der Waals surface area contributed by atoms with Crippen LogP contribution >= 0.6 is 24.0 Å². The molecule has 0 aromatic heterocycles. The lowest BCUT2D eigenvalue weighted by atomic mass is 10.2. The van der Waals surface area contributed by atoms with Gasteiger partial charge < -0.3 is 15.0 Å². The number of halogens is 1. The van der Waals surface area contributed by atoms with Gasteiger partial charge in [0.2, 0.25) is 0 Å². The van der Waals surface area contributed by atoms with Gasteiger partial charge in [-0.1, -0.05) is 36.4 Å². The third kappa shape index (κ3) is 5.63. The van der Waals surface area contributed by atoms with Gasteiger partial charge in [0.25, 0.3) is 0 Å². The van der Waals surface area contributed by atoms with Crippen LogP contribution in [0.2, 0.25) is 0 Å². The summed E-state index contributed by atoms with van der Waals surface area (Å²) in [6.45, 7) is 4.92. The van der Waals surface area contributed by atoms with Crippen LogP contribution in [0.25, 0.3) is 0 Å². The number of rotatable bonds is 4. The first-order chi connectivity index (χ1) is 13.3. The molecule has 1 N–H and O–H groups in total. The van der Waals surface area contributed by atoms with Crippen LogP contribution in [-0.2, 0) is 16.4 Å². The number of hydrogen-bond donors (Lipinski definition) is 1. The standard InChI is InChI=1S/C21H27N3O3S.HI/c1-21(2)16-24(13-14-28(21,25)26)20(22-3)23-15-17-9-7-8-12-19(17)27-18-10-5-4-6-11-18;/h4-12H,13-16H2,1-3H3,(H,22,23);1H. The van der Waals surface area contributed by atoms with E-state index in [2.05, 4.69) is 10.3 Å². The Morgan fingerprint density at radius 2 is 1.79 bits per heavy atom. The normalized spacial score (nSPS) is 17.9. The average Bonchev–Trinajstić information content (AvgIpc) is 2.67. The van der Waals surface area contributed by atoms with Gasteiger partial charge in [0, 0.05) is 32.2 Å². The minimum atomic E-state index is -3.09. The lowest BCUT2D eigenvalue weighted by molar-refractivity contribution is 0.353. The Bertz CT molecular complexity index is 947. The first-order valence-corrected chi connectivity index (χ1v) is 11.0. The number of nitrogens with zero attached hydrogens (tertiary/aromatic N) is 2. The molecule has 0 amide bonds. The average molecular weight is 529 g/mol. The van der Waals surface area contributed by atoms with Gasteiger partial charge >= 0.3 is 0 Å². The van der Waals surface area contributed by atoms with E-state index in [0.717, 1.165) is 17.1 Å². The highest BCUT2D eigenvalue weighted by molar-refractivity contribution is 14.0. The molecule has 1 saturated heterocycles. The largest absolute Gasteiger partial charge is 0.457 e. The summed E-state index contributed by atoms with van der Waals surface area (Å²) in [5.74, 6) is 2.38. The van der Waals surface area contributed by atoms with Crippen molar-refractivity contribution in [3.8, 4) is 11.5 Å². The van der Waals surface area contributed by atoms with Crippen molar-refractivity contribution in [1.29, 1.82) is 0 Å². The number of para-hydroxylation sites is 2. The maximum Gasteiger partial charge on any atom is 0.193 e. The summed E-state index contributed by atoms with van der Waals surface area (Å²) >= 11 is 0. The fraction of sp³-hybridized carbons (Fsp3) is 0.381. The van der Waals surface area contributed by atoms with Crippen molar-refractivity contribution < 1.29 is 13.2 Å². The molecule has 1 aliphatic rings. The number of guanidine groups is 1. The highest BCUT2D eigenvalue weighted by Gasteiger charge is 2.40. The van der Waals surface area contributed by atoms with Gasteiger partial charge in [-0.3, -0.25) is 4.99 Å². The first-order valence-electron chi connectivity index (χ1n) is 9.31. The molecule has 0 saturated carbocycles. The smallest absolute Gasteiger partial charge is 0.193 e. The molecule has 0 atom stereocenters. The van der Waals surface area contributed by atoms with Gasteiger partial charge in [0.15, 0.2) is 15.8 Å². The lowest BCUT2D eigenvalue weighted by Gasteiger charge is -2.39. The Kier molecular flexibility index (Phi) is 7.93. The quantitative estimate of drug-likeness (QED) is 0.372. The fourth-order valence-electron chi connectivity index (χ4n) is 3.20. The molecular formula is C21H28IN3O3S. The van der Waals surface area contributed by atoms with Crippen molar-refractivity contribution in [3.63, 3.8) is 0 Å². The SMILES string of the molecule is CN=C(NCc1ccccc1Oc1ccccc1)N1CCS(=O)(=O)C(C)(C)C1.I. The Morgan fingerprint density at radius 1 is 1.14 bits per heavy atom. The van der Waals surface area contributed by atoms with Crippen molar-refractivity contribution in [2.24, 2.45) is 4.99 Å². The second kappa shape index (κ2) is 9.80. The molecule has 6 nitrogen and oxygen atoms in total. The molecule has 8 heteroatoms. The Morgan fingerprint density at radius 3 is 2.45 bits per heavy atom. The van der Waals surface area contributed by atoms with Gasteiger partial charge in [0.1, 0.15) is 11.5 Å². The van der Waals surface area contributed by atoms with Crippen LogP contribution in [0.1, 0.15) is 19.4 Å². The maximum atomic E-state index is 12.3. The number of ether oxygens (including phenoxy) is 1. The molecular weight excluding hydrogens is 501 g/mol. The van der Waals surface area contributed by atoms with Crippen molar-refractivity contribution >= 4 is 39.8 Å². The van der Waals surface area contributed by atoms with E-state index in [-0.39, 0.29) is 29.7 Å². The number of hydrogen-bond acceptors (Lipinski definition) is 4. The topological polar surface area (TPSA) is 71.0 Å². The van der Waals surface area contributed by atoms with Crippen molar-refractivity contribution in [2.75, 3.05) is 25.9 Å². The van der Waals surface area contributed by atoms with Crippen molar-refractivity contribution in [3.05, 3.63) is 60.2 Å². The molecule has 1 heterocycles. The van der Waals surface area contributed by atoms with Crippen LogP contribution in [-0.4, -0.2) is 49.9 Å². The molecule has 0 spiro atoms. The van der Waals surface area contributed by atoms with Crippen LogP contribution in [0, 0.1) is 0 Å². The zero-order valence-corrected chi connectivity index (χ0v) is 20.1. The zero-order chi connectivity index (χ0) is 20.2. The molecule has 0 aliphatic carbocycles. The van der Waals surface area contributed by atoms with E-state index in [1.165, 1.54) is 0 Å². The summed E-state index contributed by atoms with van der Waals surface area (Å²) in [6.07, 6.45) is 0. The van der Waals surface area contributed by atoms with E-state index in [1.807, 2.05) is 59.5 Å². The van der Waals surface area contributed by atoms with Crippen LogP contribution in [0.5, 0.6) is 11.5 Å². The Hall–Kier alpha value is -1.81. The lowest BCUT2D eigenvalue weighted by Crippen LogP contribution is -2.57. The number of nitrogens with one attached hydrogen (secondary N) is 1. The third-order valence-electron chi connectivity index (χ3n) is 4.94. The second-order valence-corrected chi connectivity index (χ2v) is 10.2. The molecule has 0 radical (unpaired) electrons. The Balaban J connectivity index is 0.00000300. The minimum Gasteiger partial charge on any atom is -0.457 e. The predicted octanol–water partition coefficient (Wildman–Crippen LogP) is 3.68. The molecule has 158 valence electrons. The summed E-state index contributed by atoms with van der Waals surface area (Å²) in [7, 11) is -1.38. The Labute approximate surface area is 190 Å². The van der Waals surface area contributed by atoms with Gasteiger partial charge in [0.05, 0.1) is 10.5 Å². The van der Waals surface area contributed by atoms with Crippen LogP contribution in [0.15, 0.2) is 59.6 Å².